The normalized spacial score (nSPS) is 10.6. The lowest BCUT2D eigenvalue weighted by molar-refractivity contribution is 0.0692. The summed E-state index contributed by atoms with van der Waals surface area (Å²) in [6.07, 6.45) is 0.852. The molecule has 0 bridgehead atoms. The predicted molar refractivity (Wildman–Crippen MR) is 70.8 cm³/mol. The fourth-order valence-electron chi connectivity index (χ4n) is 1.69. The van der Waals surface area contributed by atoms with Crippen molar-refractivity contribution in [3.8, 4) is 5.75 Å². The first-order chi connectivity index (χ1) is 7.95. The van der Waals surface area contributed by atoms with E-state index in [2.05, 4.69) is 29.8 Å². The van der Waals surface area contributed by atoms with Gasteiger partial charge in [-0.3, -0.25) is 0 Å². The van der Waals surface area contributed by atoms with Crippen molar-refractivity contribution in [1.82, 2.24) is 0 Å². The van der Waals surface area contributed by atoms with E-state index in [-0.39, 0.29) is 5.56 Å². The van der Waals surface area contributed by atoms with Crippen molar-refractivity contribution in [1.29, 1.82) is 0 Å². The number of carboxylic acid groups (broad SMARTS) is 1. The zero-order chi connectivity index (χ0) is 13.0. The molecule has 0 aliphatic rings. The van der Waals surface area contributed by atoms with E-state index in [1.54, 1.807) is 6.07 Å². The van der Waals surface area contributed by atoms with Crippen LogP contribution in [-0.2, 0) is 6.42 Å². The molecular weight excluding hydrogens is 284 g/mol. The van der Waals surface area contributed by atoms with Gasteiger partial charge < -0.3 is 9.84 Å². The van der Waals surface area contributed by atoms with Gasteiger partial charge in [-0.15, -0.1) is 0 Å². The summed E-state index contributed by atoms with van der Waals surface area (Å²) in [5.41, 5.74) is 1.23. The van der Waals surface area contributed by atoms with Crippen LogP contribution < -0.4 is 4.74 Å². The van der Waals surface area contributed by atoms with Gasteiger partial charge in [0.2, 0.25) is 0 Å². The van der Waals surface area contributed by atoms with Gasteiger partial charge in [-0.1, -0.05) is 13.8 Å². The second kappa shape index (κ2) is 6.05. The van der Waals surface area contributed by atoms with E-state index in [0.29, 0.717) is 22.7 Å². The molecular formula is C13H17BrO3. The summed E-state index contributed by atoms with van der Waals surface area (Å²) in [5, 5.41) is 9.17. The highest BCUT2D eigenvalue weighted by Crippen LogP contribution is 2.31. The highest BCUT2D eigenvalue weighted by Gasteiger charge is 2.16. The number of hydrogen-bond acceptors (Lipinski definition) is 2. The quantitative estimate of drug-likeness (QED) is 0.901. The minimum absolute atomic E-state index is 0.219. The molecule has 0 saturated heterocycles. The van der Waals surface area contributed by atoms with Gasteiger partial charge in [0.1, 0.15) is 11.3 Å². The third kappa shape index (κ3) is 3.73. The molecule has 0 heterocycles. The van der Waals surface area contributed by atoms with E-state index in [9.17, 15) is 9.90 Å². The van der Waals surface area contributed by atoms with Gasteiger partial charge in [0, 0.05) is 0 Å². The maximum atomic E-state index is 11.2. The summed E-state index contributed by atoms with van der Waals surface area (Å²) in [5.74, 6) is -0.0613. The second-order valence-electron chi connectivity index (χ2n) is 4.29. The first-order valence-electron chi connectivity index (χ1n) is 5.64. The fourth-order valence-corrected chi connectivity index (χ4v) is 2.31. The summed E-state index contributed by atoms with van der Waals surface area (Å²) in [6.45, 7) is 6.48. The topological polar surface area (TPSA) is 46.5 Å². The molecule has 0 aliphatic heterocycles. The lowest BCUT2D eigenvalue weighted by atomic mass is 10.0. The van der Waals surface area contributed by atoms with E-state index in [0.717, 1.165) is 12.0 Å². The van der Waals surface area contributed by atoms with Crippen LogP contribution >= 0.6 is 15.9 Å². The highest BCUT2D eigenvalue weighted by atomic mass is 79.9. The number of halogens is 1. The Hall–Kier alpha value is -1.03. The maximum Gasteiger partial charge on any atom is 0.339 e. The van der Waals surface area contributed by atoms with Gasteiger partial charge in [-0.2, -0.15) is 0 Å². The van der Waals surface area contributed by atoms with Gasteiger partial charge >= 0.3 is 5.97 Å². The molecule has 0 atom stereocenters. The SMILES string of the molecule is CCOc1c(Br)cc(CC(C)C)cc1C(=O)O. The van der Waals surface area contributed by atoms with E-state index in [4.69, 9.17) is 4.74 Å². The lowest BCUT2D eigenvalue weighted by Crippen LogP contribution is -2.06. The Labute approximate surface area is 110 Å². The van der Waals surface area contributed by atoms with Crippen LogP contribution in [0.1, 0.15) is 36.7 Å². The number of hydrogen-bond donors (Lipinski definition) is 1. The number of rotatable bonds is 5. The Bertz CT molecular complexity index is 413. The van der Waals surface area contributed by atoms with Crippen molar-refractivity contribution in [3.05, 3.63) is 27.7 Å². The van der Waals surface area contributed by atoms with E-state index in [1.165, 1.54) is 0 Å². The summed E-state index contributed by atoms with van der Waals surface area (Å²) < 4.78 is 6.06. The van der Waals surface area contributed by atoms with Gasteiger partial charge in [0.05, 0.1) is 11.1 Å². The van der Waals surface area contributed by atoms with Crippen LogP contribution in [0, 0.1) is 5.92 Å². The minimum atomic E-state index is -0.959. The van der Waals surface area contributed by atoms with Crippen LogP contribution in [0.25, 0.3) is 0 Å². The summed E-state index contributed by atoms with van der Waals surface area (Å²) >= 11 is 3.37. The van der Waals surface area contributed by atoms with Crippen LogP contribution in [0.4, 0.5) is 0 Å². The lowest BCUT2D eigenvalue weighted by Gasteiger charge is -2.13. The smallest absolute Gasteiger partial charge is 0.339 e. The van der Waals surface area contributed by atoms with Crippen LogP contribution in [0.15, 0.2) is 16.6 Å². The van der Waals surface area contributed by atoms with Crippen molar-refractivity contribution in [2.45, 2.75) is 27.2 Å². The van der Waals surface area contributed by atoms with Crippen LogP contribution in [0.2, 0.25) is 0 Å². The molecule has 1 aromatic rings. The van der Waals surface area contributed by atoms with Crippen LogP contribution in [-0.4, -0.2) is 17.7 Å². The first-order valence-corrected chi connectivity index (χ1v) is 6.43. The minimum Gasteiger partial charge on any atom is -0.492 e. The molecule has 0 saturated carbocycles. The Morgan fingerprint density at radius 2 is 2.12 bits per heavy atom. The van der Waals surface area contributed by atoms with Crippen molar-refractivity contribution < 1.29 is 14.6 Å². The number of ether oxygens (including phenoxy) is 1. The third-order valence-electron chi connectivity index (χ3n) is 2.27. The molecule has 1 rings (SSSR count). The number of carboxylic acids is 1. The zero-order valence-corrected chi connectivity index (χ0v) is 11.9. The van der Waals surface area contributed by atoms with E-state index < -0.39 is 5.97 Å². The molecule has 1 N–H and O–H groups in total. The highest BCUT2D eigenvalue weighted by molar-refractivity contribution is 9.10. The average Bonchev–Trinajstić information content (AvgIpc) is 2.20. The Kier molecular flexibility index (Phi) is 5.00. The van der Waals surface area contributed by atoms with E-state index in [1.807, 2.05) is 13.0 Å². The number of aromatic carboxylic acids is 1. The molecule has 0 radical (unpaired) electrons. The van der Waals surface area contributed by atoms with Gasteiger partial charge in [-0.05, 0) is 52.9 Å². The molecule has 0 aliphatic carbocycles. The standard InChI is InChI=1S/C13H17BrO3/c1-4-17-12-10(13(15)16)6-9(5-8(2)3)7-11(12)14/h6-8H,4-5H2,1-3H3,(H,15,16). The van der Waals surface area contributed by atoms with Crippen LogP contribution in [0.3, 0.4) is 0 Å². The Morgan fingerprint density at radius 3 is 2.59 bits per heavy atom. The van der Waals surface area contributed by atoms with Gasteiger partial charge in [0.25, 0.3) is 0 Å². The van der Waals surface area contributed by atoms with Crippen molar-refractivity contribution in [2.24, 2.45) is 5.92 Å². The molecule has 0 aromatic heterocycles. The first kappa shape index (κ1) is 14.0. The maximum absolute atomic E-state index is 11.2. The van der Waals surface area contributed by atoms with Gasteiger partial charge in [0.15, 0.2) is 0 Å². The zero-order valence-electron chi connectivity index (χ0n) is 10.3. The predicted octanol–water partition coefficient (Wildman–Crippen LogP) is 3.74. The number of carbonyl (C=O) groups is 1. The van der Waals surface area contributed by atoms with Gasteiger partial charge in [-0.25, -0.2) is 4.79 Å². The van der Waals surface area contributed by atoms with Crippen molar-refractivity contribution >= 4 is 21.9 Å². The largest absolute Gasteiger partial charge is 0.492 e. The molecule has 0 amide bonds. The molecule has 17 heavy (non-hydrogen) atoms. The molecule has 3 nitrogen and oxygen atoms in total. The second-order valence-corrected chi connectivity index (χ2v) is 5.14. The van der Waals surface area contributed by atoms with Crippen molar-refractivity contribution in [2.75, 3.05) is 6.61 Å². The Balaban J connectivity index is 3.20. The molecule has 4 heteroatoms. The Morgan fingerprint density at radius 1 is 1.47 bits per heavy atom. The summed E-state index contributed by atoms with van der Waals surface area (Å²) in [4.78, 5) is 11.2. The van der Waals surface area contributed by atoms with Crippen molar-refractivity contribution in [3.63, 3.8) is 0 Å². The third-order valence-corrected chi connectivity index (χ3v) is 2.86. The number of benzene rings is 1. The average molecular weight is 301 g/mol. The molecule has 0 unspecified atom stereocenters. The summed E-state index contributed by atoms with van der Waals surface area (Å²) in [7, 11) is 0. The molecule has 94 valence electrons. The summed E-state index contributed by atoms with van der Waals surface area (Å²) in [6, 6.07) is 3.62. The molecule has 1 aromatic carbocycles. The fraction of sp³-hybridized carbons (Fsp3) is 0.462. The monoisotopic (exact) mass is 300 g/mol. The molecule has 0 spiro atoms. The van der Waals surface area contributed by atoms with E-state index >= 15 is 0 Å². The van der Waals surface area contributed by atoms with Crippen LogP contribution in [0.5, 0.6) is 5.75 Å². The molecule has 0 fully saturated rings.